The average Bonchev–Trinajstić information content (AvgIpc) is 2.03. The van der Waals surface area contributed by atoms with Crippen molar-refractivity contribution in [2.24, 2.45) is 0 Å². The van der Waals surface area contributed by atoms with Crippen LogP contribution in [0.3, 0.4) is 0 Å². The van der Waals surface area contributed by atoms with Crippen molar-refractivity contribution in [2.75, 3.05) is 0 Å². The first-order valence-electron chi connectivity index (χ1n) is 3.13. The molecule has 0 atom stereocenters. The van der Waals surface area contributed by atoms with Crippen LogP contribution >= 0.6 is 22.6 Å². The number of pyridine rings is 1. The summed E-state index contributed by atoms with van der Waals surface area (Å²) in [5.41, 5.74) is -1.04. The lowest BCUT2D eigenvalue weighted by atomic mass is 10.2. The van der Waals surface area contributed by atoms with Gasteiger partial charge in [-0.15, -0.1) is 0 Å². The molecule has 0 fully saturated rings. The summed E-state index contributed by atoms with van der Waals surface area (Å²) in [4.78, 5) is 13.7. The Balaban J connectivity index is 3.27. The van der Waals surface area contributed by atoms with Crippen LogP contribution in [0.15, 0.2) is 12.3 Å². The predicted molar refractivity (Wildman–Crippen MR) is 47.3 cm³/mol. The molecule has 0 aliphatic heterocycles. The van der Waals surface area contributed by atoms with Gasteiger partial charge in [0.25, 0.3) is 0 Å². The van der Waals surface area contributed by atoms with Crippen LogP contribution in [-0.2, 0) is 6.18 Å². The number of halogens is 4. The van der Waals surface area contributed by atoms with Gasteiger partial charge in [-0.05, 0) is 28.7 Å². The SMILES string of the molecule is O=Cc1cc(C(F)(F)F)c(I)cn1. The van der Waals surface area contributed by atoms with E-state index in [9.17, 15) is 18.0 Å². The molecular weight excluding hydrogens is 298 g/mol. The minimum atomic E-state index is -4.43. The number of nitrogens with zero attached hydrogens (tertiary/aromatic N) is 1. The minimum Gasteiger partial charge on any atom is -0.296 e. The van der Waals surface area contributed by atoms with E-state index in [0.717, 1.165) is 12.3 Å². The smallest absolute Gasteiger partial charge is 0.296 e. The first kappa shape index (κ1) is 10.4. The van der Waals surface area contributed by atoms with E-state index in [1.165, 1.54) is 22.6 Å². The van der Waals surface area contributed by atoms with Gasteiger partial charge in [0.1, 0.15) is 5.69 Å². The molecule has 0 aliphatic carbocycles. The van der Waals surface area contributed by atoms with Gasteiger partial charge in [-0.3, -0.25) is 9.78 Å². The normalized spacial score (nSPS) is 11.4. The van der Waals surface area contributed by atoms with Gasteiger partial charge in [0, 0.05) is 9.77 Å². The number of carbonyl (C=O) groups is 1. The lowest BCUT2D eigenvalue weighted by Crippen LogP contribution is -2.09. The quantitative estimate of drug-likeness (QED) is 0.589. The van der Waals surface area contributed by atoms with Crippen molar-refractivity contribution in [1.29, 1.82) is 0 Å². The summed E-state index contributed by atoms with van der Waals surface area (Å²) >= 11 is 1.52. The van der Waals surface area contributed by atoms with Gasteiger partial charge >= 0.3 is 6.18 Å². The summed E-state index contributed by atoms with van der Waals surface area (Å²) in [7, 11) is 0. The van der Waals surface area contributed by atoms with Crippen LogP contribution < -0.4 is 0 Å². The molecule has 0 saturated carbocycles. The first-order valence-corrected chi connectivity index (χ1v) is 4.21. The number of hydrogen-bond donors (Lipinski definition) is 0. The number of rotatable bonds is 1. The second-order valence-corrected chi connectivity index (χ2v) is 3.37. The van der Waals surface area contributed by atoms with Gasteiger partial charge in [0.05, 0.1) is 5.56 Å². The molecule has 0 aromatic carbocycles. The lowest BCUT2D eigenvalue weighted by Gasteiger charge is -2.08. The molecule has 1 rings (SSSR count). The maximum atomic E-state index is 12.2. The summed E-state index contributed by atoms with van der Waals surface area (Å²) in [6.07, 6.45) is -3.13. The van der Waals surface area contributed by atoms with Crippen LogP contribution in [0.2, 0.25) is 0 Å². The second-order valence-electron chi connectivity index (χ2n) is 2.20. The van der Waals surface area contributed by atoms with Gasteiger partial charge in [0.2, 0.25) is 0 Å². The van der Waals surface area contributed by atoms with E-state index in [2.05, 4.69) is 4.98 Å². The van der Waals surface area contributed by atoms with Crippen molar-refractivity contribution in [3.05, 3.63) is 27.1 Å². The van der Waals surface area contributed by atoms with Gasteiger partial charge in [-0.25, -0.2) is 0 Å². The zero-order chi connectivity index (χ0) is 10.1. The Morgan fingerprint density at radius 2 is 2.08 bits per heavy atom. The third kappa shape index (κ3) is 2.39. The van der Waals surface area contributed by atoms with E-state index in [-0.39, 0.29) is 15.6 Å². The molecule has 0 radical (unpaired) electrons. The molecule has 0 amide bonds. The third-order valence-electron chi connectivity index (χ3n) is 1.30. The van der Waals surface area contributed by atoms with Crippen LogP contribution in [0.1, 0.15) is 16.1 Å². The lowest BCUT2D eigenvalue weighted by molar-refractivity contribution is -0.138. The van der Waals surface area contributed by atoms with Crippen LogP contribution in [0.5, 0.6) is 0 Å². The van der Waals surface area contributed by atoms with E-state index in [4.69, 9.17) is 0 Å². The highest BCUT2D eigenvalue weighted by Gasteiger charge is 2.33. The molecule has 13 heavy (non-hydrogen) atoms. The van der Waals surface area contributed by atoms with Gasteiger partial charge < -0.3 is 0 Å². The minimum absolute atomic E-state index is 0.0179. The van der Waals surface area contributed by atoms with Crippen LogP contribution in [0.4, 0.5) is 13.2 Å². The third-order valence-corrected chi connectivity index (χ3v) is 2.16. The van der Waals surface area contributed by atoms with E-state index >= 15 is 0 Å². The molecule has 0 unspecified atom stereocenters. The number of aldehydes is 1. The molecule has 1 aromatic heterocycles. The molecular formula is C7H3F3INO. The largest absolute Gasteiger partial charge is 0.417 e. The molecule has 2 nitrogen and oxygen atoms in total. The number of hydrogen-bond acceptors (Lipinski definition) is 2. The molecule has 70 valence electrons. The van der Waals surface area contributed by atoms with Crippen LogP contribution in [-0.4, -0.2) is 11.3 Å². The monoisotopic (exact) mass is 301 g/mol. The van der Waals surface area contributed by atoms with E-state index in [0.29, 0.717) is 0 Å². The van der Waals surface area contributed by atoms with Crippen molar-refractivity contribution in [3.63, 3.8) is 0 Å². The summed E-state index contributed by atoms with van der Waals surface area (Å²) in [6, 6.07) is 0.731. The standard InChI is InChI=1S/C7H3F3INO/c8-7(9,10)5-1-4(3-13)12-2-6(5)11/h1-3H. The maximum absolute atomic E-state index is 12.2. The van der Waals surface area contributed by atoms with Crippen LogP contribution in [0.25, 0.3) is 0 Å². The highest BCUT2D eigenvalue weighted by Crippen LogP contribution is 2.32. The molecule has 0 N–H and O–H groups in total. The molecule has 0 aliphatic rings. The Morgan fingerprint density at radius 3 is 2.54 bits per heavy atom. The van der Waals surface area contributed by atoms with Crippen molar-refractivity contribution in [1.82, 2.24) is 4.98 Å². The first-order chi connectivity index (χ1) is 5.95. The van der Waals surface area contributed by atoms with Gasteiger partial charge in [-0.2, -0.15) is 13.2 Å². The fourth-order valence-corrected chi connectivity index (χ4v) is 1.34. The fourth-order valence-electron chi connectivity index (χ4n) is 0.737. The summed E-state index contributed by atoms with van der Waals surface area (Å²) in [5, 5.41) is 0. The number of alkyl halides is 3. The number of carbonyl (C=O) groups excluding carboxylic acids is 1. The topological polar surface area (TPSA) is 30.0 Å². The Morgan fingerprint density at radius 1 is 1.46 bits per heavy atom. The summed E-state index contributed by atoms with van der Waals surface area (Å²) in [5.74, 6) is 0. The maximum Gasteiger partial charge on any atom is 0.417 e. The van der Waals surface area contributed by atoms with Crippen LogP contribution in [0, 0.1) is 3.57 Å². The Bertz CT molecular complexity index is 337. The highest BCUT2D eigenvalue weighted by molar-refractivity contribution is 14.1. The highest BCUT2D eigenvalue weighted by atomic mass is 127. The zero-order valence-electron chi connectivity index (χ0n) is 6.10. The second kappa shape index (κ2) is 3.60. The molecule has 0 bridgehead atoms. The zero-order valence-corrected chi connectivity index (χ0v) is 8.26. The summed E-state index contributed by atoms with van der Waals surface area (Å²) < 4.78 is 36.6. The Labute approximate surface area is 85.3 Å². The van der Waals surface area contributed by atoms with Gasteiger partial charge in [-0.1, -0.05) is 0 Å². The van der Waals surface area contributed by atoms with Crippen molar-refractivity contribution in [2.45, 2.75) is 6.18 Å². The van der Waals surface area contributed by atoms with E-state index in [1.807, 2.05) is 0 Å². The molecule has 1 heterocycles. The fraction of sp³-hybridized carbons (Fsp3) is 0.143. The Hall–Kier alpha value is -0.660. The predicted octanol–water partition coefficient (Wildman–Crippen LogP) is 2.52. The molecule has 6 heteroatoms. The van der Waals surface area contributed by atoms with Crippen molar-refractivity contribution >= 4 is 28.9 Å². The molecule has 0 saturated heterocycles. The molecule has 0 spiro atoms. The Kier molecular flexibility index (Phi) is 2.89. The van der Waals surface area contributed by atoms with Crippen molar-refractivity contribution < 1.29 is 18.0 Å². The molecule has 1 aromatic rings. The van der Waals surface area contributed by atoms with Gasteiger partial charge in [0.15, 0.2) is 6.29 Å². The van der Waals surface area contributed by atoms with E-state index < -0.39 is 11.7 Å². The van der Waals surface area contributed by atoms with Crippen molar-refractivity contribution in [3.8, 4) is 0 Å². The average molecular weight is 301 g/mol. The number of aromatic nitrogens is 1. The van der Waals surface area contributed by atoms with E-state index in [1.54, 1.807) is 0 Å². The summed E-state index contributed by atoms with van der Waals surface area (Å²) in [6.45, 7) is 0.